The van der Waals surface area contributed by atoms with E-state index in [1.54, 1.807) is 6.92 Å². The minimum Gasteiger partial charge on any atom is -0.355 e. The number of hydrogen-bond acceptors (Lipinski definition) is 2. The molecule has 1 aromatic carbocycles. The standard InChI is InChI=1S/C13H18F2N2O/c1-3-6-16-13(18)9(2)17-8-10-4-5-11(14)7-12(10)15/h4-5,7,9,17H,3,6,8H2,1-2H3,(H,16,18). The topological polar surface area (TPSA) is 41.1 Å². The molecule has 0 aliphatic rings. The lowest BCUT2D eigenvalue weighted by Crippen LogP contribution is -2.42. The molecule has 0 spiro atoms. The van der Waals surface area contributed by atoms with Crippen molar-refractivity contribution in [3.8, 4) is 0 Å². The molecular weight excluding hydrogens is 238 g/mol. The number of amides is 1. The Bertz CT molecular complexity index is 410. The Labute approximate surface area is 106 Å². The molecule has 1 atom stereocenters. The molecule has 18 heavy (non-hydrogen) atoms. The van der Waals surface area contributed by atoms with Gasteiger partial charge in [0.05, 0.1) is 6.04 Å². The second kappa shape index (κ2) is 7.06. The molecule has 1 amide bonds. The second-order valence-electron chi connectivity index (χ2n) is 4.13. The predicted octanol–water partition coefficient (Wildman–Crippen LogP) is 1.97. The highest BCUT2D eigenvalue weighted by Crippen LogP contribution is 2.09. The fourth-order valence-electron chi connectivity index (χ4n) is 1.42. The van der Waals surface area contributed by atoms with E-state index in [1.165, 1.54) is 12.1 Å². The monoisotopic (exact) mass is 256 g/mol. The van der Waals surface area contributed by atoms with Crippen LogP contribution in [0.1, 0.15) is 25.8 Å². The Morgan fingerprint density at radius 3 is 2.72 bits per heavy atom. The highest BCUT2D eigenvalue weighted by Gasteiger charge is 2.12. The minimum atomic E-state index is -0.608. The quantitative estimate of drug-likeness (QED) is 0.817. The van der Waals surface area contributed by atoms with Crippen LogP contribution in [0.3, 0.4) is 0 Å². The number of halogens is 2. The highest BCUT2D eigenvalue weighted by atomic mass is 19.1. The molecule has 2 N–H and O–H groups in total. The smallest absolute Gasteiger partial charge is 0.236 e. The first kappa shape index (κ1) is 14.6. The van der Waals surface area contributed by atoms with E-state index in [0.717, 1.165) is 12.5 Å². The third kappa shape index (κ3) is 4.41. The third-order valence-electron chi connectivity index (χ3n) is 2.56. The summed E-state index contributed by atoms with van der Waals surface area (Å²) in [5.41, 5.74) is 0.339. The van der Waals surface area contributed by atoms with E-state index >= 15 is 0 Å². The Morgan fingerprint density at radius 1 is 1.39 bits per heavy atom. The lowest BCUT2D eigenvalue weighted by Gasteiger charge is -2.14. The maximum absolute atomic E-state index is 13.3. The van der Waals surface area contributed by atoms with Crippen LogP contribution in [-0.2, 0) is 11.3 Å². The van der Waals surface area contributed by atoms with E-state index in [-0.39, 0.29) is 12.5 Å². The Balaban J connectivity index is 2.46. The molecule has 3 nitrogen and oxygen atoms in total. The van der Waals surface area contributed by atoms with Crippen molar-refractivity contribution in [3.05, 3.63) is 35.4 Å². The molecule has 0 aromatic heterocycles. The zero-order valence-electron chi connectivity index (χ0n) is 10.6. The van der Waals surface area contributed by atoms with Gasteiger partial charge in [-0.25, -0.2) is 8.78 Å². The van der Waals surface area contributed by atoms with Crippen LogP contribution < -0.4 is 10.6 Å². The Kier molecular flexibility index (Phi) is 5.71. The van der Waals surface area contributed by atoms with Crippen LogP contribution in [0.15, 0.2) is 18.2 Å². The summed E-state index contributed by atoms with van der Waals surface area (Å²) in [5, 5.41) is 5.63. The van der Waals surface area contributed by atoms with Crippen LogP contribution in [0.2, 0.25) is 0 Å². The molecular formula is C13H18F2N2O. The molecule has 0 radical (unpaired) electrons. The first-order valence-electron chi connectivity index (χ1n) is 5.99. The summed E-state index contributed by atoms with van der Waals surface area (Å²) in [6.07, 6.45) is 0.866. The van der Waals surface area contributed by atoms with Crippen LogP contribution in [0.4, 0.5) is 8.78 Å². The van der Waals surface area contributed by atoms with Gasteiger partial charge in [-0.1, -0.05) is 13.0 Å². The van der Waals surface area contributed by atoms with Crippen molar-refractivity contribution >= 4 is 5.91 Å². The molecule has 1 unspecified atom stereocenters. The summed E-state index contributed by atoms with van der Waals surface area (Å²) < 4.78 is 26.0. The lowest BCUT2D eigenvalue weighted by molar-refractivity contribution is -0.122. The van der Waals surface area contributed by atoms with Gasteiger partial charge >= 0.3 is 0 Å². The van der Waals surface area contributed by atoms with Crippen molar-refractivity contribution in [1.29, 1.82) is 0 Å². The molecule has 100 valence electrons. The van der Waals surface area contributed by atoms with Gasteiger partial charge in [0.25, 0.3) is 0 Å². The summed E-state index contributed by atoms with van der Waals surface area (Å²) in [5.74, 6) is -1.34. The molecule has 0 saturated carbocycles. The maximum atomic E-state index is 13.3. The summed E-state index contributed by atoms with van der Waals surface area (Å²) >= 11 is 0. The summed E-state index contributed by atoms with van der Waals surface area (Å²) in [7, 11) is 0. The molecule has 0 bridgehead atoms. The molecule has 5 heteroatoms. The van der Waals surface area contributed by atoms with Gasteiger partial charge in [0.1, 0.15) is 11.6 Å². The molecule has 0 heterocycles. The molecule has 0 fully saturated rings. The molecule has 1 aromatic rings. The molecule has 0 saturated heterocycles. The van der Waals surface area contributed by atoms with Gasteiger partial charge in [-0.05, 0) is 19.4 Å². The lowest BCUT2D eigenvalue weighted by atomic mass is 10.2. The van der Waals surface area contributed by atoms with Gasteiger partial charge in [-0.15, -0.1) is 0 Å². The minimum absolute atomic E-state index is 0.126. The zero-order valence-corrected chi connectivity index (χ0v) is 10.6. The normalized spacial score (nSPS) is 12.2. The Morgan fingerprint density at radius 2 is 2.11 bits per heavy atom. The zero-order chi connectivity index (χ0) is 13.5. The summed E-state index contributed by atoms with van der Waals surface area (Å²) in [6, 6.07) is 2.98. The van der Waals surface area contributed by atoms with Crippen LogP contribution in [-0.4, -0.2) is 18.5 Å². The van der Waals surface area contributed by atoms with Crippen LogP contribution in [0.5, 0.6) is 0 Å². The van der Waals surface area contributed by atoms with E-state index in [0.29, 0.717) is 12.1 Å². The Hall–Kier alpha value is -1.49. The van der Waals surface area contributed by atoms with Crippen molar-refractivity contribution < 1.29 is 13.6 Å². The molecule has 1 rings (SSSR count). The highest BCUT2D eigenvalue weighted by molar-refractivity contribution is 5.81. The van der Waals surface area contributed by atoms with Crippen molar-refractivity contribution in [1.82, 2.24) is 10.6 Å². The van der Waals surface area contributed by atoms with Crippen LogP contribution in [0, 0.1) is 11.6 Å². The number of carbonyl (C=O) groups is 1. The van der Waals surface area contributed by atoms with Gasteiger partial charge in [0.2, 0.25) is 5.91 Å². The van der Waals surface area contributed by atoms with Crippen LogP contribution >= 0.6 is 0 Å². The SMILES string of the molecule is CCCNC(=O)C(C)NCc1ccc(F)cc1F. The fourth-order valence-corrected chi connectivity index (χ4v) is 1.42. The number of carbonyl (C=O) groups excluding carboxylic acids is 1. The first-order chi connectivity index (χ1) is 8.54. The van der Waals surface area contributed by atoms with Gasteiger partial charge in [0, 0.05) is 24.7 Å². The van der Waals surface area contributed by atoms with E-state index < -0.39 is 17.7 Å². The number of nitrogens with one attached hydrogen (secondary N) is 2. The van der Waals surface area contributed by atoms with Gasteiger partial charge in [-0.2, -0.15) is 0 Å². The van der Waals surface area contributed by atoms with Gasteiger partial charge < -0.3 is 10.6 Å². The number of rotatable bonds is 6. The van der Waals surface area contributed by atoms with E-state index in [4.69, 9.17) is 0 Å². The average Bonchev–Trinajstić information content (AvgIpc) is 2.34. The first-order valence-corrected chi connectivity index (χ1v) is 5.99. The average molecular weight is 256 g/mol. The maximum Gasteiger partial charge on any atom is 0.236 e. The van der Waals surface area contributed by atoms with Crippen molar-refractivity contribution in [2.24, 2.45) is 0 Å². The van der Waals surface area contributed by atoms with Crippen molar-refractivity contribution in [3.63, 3.8) is 0 Å². The van der Waals surface area contributed by atoms with Crippen molar-refractivity contribution in [2.45, 2.75) is 32.9 Å². The van der Waals surface area contributed by atoms with Crippen molar-refractivity contribution in [2.75, 3.05) is 6.54 Å². The third-order valence-corrected chi connectivity index (χ3v) is 2.56. The fraction of sp³-hybridized carbons (Fsp3) is 0.462. The van der Waals surface area contributed by atoms with Gasteiger partial charge in [0.15, 0.2) is 0 Å². The summed E-state index contributed by atoms with van der Waals surface area (Å²) in [6.45, 7) is 4.47. The summed E-state index contributed by atoms with van der Waals surface area (Å²) in [4.78, 5) is 11.5. The second-order valence-corrected chi connectivity index (χ2v) is 4.13. The number of benzene rings is 1. The predicted molar refractivity (Wildman–Crippen MR) is 66.0 cm³/mol. The van der Waals surface area contributed by atoms with E-state index in [1.807, 2.05) is 6.92 Å². The van der Waals surface area contributed by atoms with Gasteiger partial charge in [-0.3, -0.25) is 4.79 Å². The largest absolute Gasteiger partial charge is 0.355 e. The molecule has 0 aliphatic heterocycles. The van der Waals surface area contributed by atoms with Crippen LogP contribution in [0.25, 0.3) is 0 Å². The van der Waals surface area contributed by atoms with E-state index in [9.17, 15) is 13.6 Å². The van der Waals surface area contributed by atoms with E-state index in [2.05, 4.69) is 10.6 Å². The number of hydrogen-bond donors (Lipinski definition) is 2. The molecule has 0 aliphatic carbocycles.